The summed E-state index contributed by atoms with van der Waals surface area (Å²) < 4.78 is 23.8. The number of nitrogens with one attached hydrogen (secondary N) is 2. The SMILES string of the molecule is [2H]C([2H])([2H])n1nc(C)c2cc(Nc3n[nH]c4cccnc34)ccc21. The topological polar surface area (TPSA) is 71.4 Å². The molecule has 0 unspecified atom stereocenters. The Labute approximate surface area is 125 Å². The van der Waals surface area contributed by atoms with Gasteiger partial charge in [0.05, 0.1) is 16.7 Å². The first-order valence-corrected chi connectivity index (χ1v) is 6.49. The zero-order valence-corrected chi connectivity index (χ0v) is 11.3. The molecule has 0 radical (unpaired) electrons. The van der Waals surface area contributed by atoms with E-state index in [1.807, 2.05) is 18.2 Å². The average Bonchev–Trinajstić information content (AvgIpc) is 3.09. The standard InChI is InChI=1S/C15H14N6/c1-9-11-8-10(5-6-13(11)21(2)20-9)17-15-14-12(18-19-15)4-3-7-16-14/h3-8H,1-2H3,(H2,17,18,19)/i2D3. The molecule has 2 N–H and O–H groups in total. The lowest BCUT2D eigenvalue weighted by molar-refractivity contribution is 0.783. The molecule has 0 spiro atoms. The highest BCUT2D eigenvalue weighted by molar-refractivity contribution is 5.90. The third-order valence-electron chi connectivity index (χ3n) is 3.45. The highest BCUT2D eigenvalue weighted by Crippen LogP contribution is 2.26. The predicted octanol–water partition coefficient (Wildman–Crippen LogP) is 2.90. The Morgan fingerprint density at radius 1 is 1.33 bits per heavy atom. The quantitative estimate of drug-likeness (QED) is 0.592. The third kappa shape index (κ3) is 1.84. The van der Waals surface area contributed by atoms with E-state index in [9.17, 15) is 0 Å². The maximum atomic E-state index is 7.57. The van der Waals surface area contributed by atoms with Crippen molar-refractivity contribution in [2.75, 3.05) is 5.32 Å². The van der Waals surface area contributed by atoms with Gasteiger partial charge >= 0.3 is 0 Å². The van der Waals surface area contributed by atoms with E-state index in [-0.39, 0.29) is 0 Å². The fraction of sp³-hybridized carbons (Fsp3) is 0.133. The molecule has 0 saturated heterocycles. The molecule has 4 rings (SSSR count). The number of anilines is 2. The highest BCUT2D eigenvalue weighted by Gasteiger charge is 2.09. The molecule has 0 bridgehead atoms. The predicted molar refractivity (Wildman–Crippen MR) is 82.6 cm³/mol. The number of nitrogens with zero attached hydrogens (tertiary/aromatic N) is 4. The van der Waals surface area contributed by atoms with E-state index in [1.165, 1.54) is 0 Å². The minimum atomic E-state index is -2.30. The molecular weight excluding hydrogens is 264 g/mol. The van der Waals surface area contributed by atoms with Crippen LogP contribution < -0.4 is 5.32 Å². The van der Waals surface area contributed by atoms with Crippen LogP contribution in [0.2, 0.25) is 0 Å². The largest absolute Gasteiger partial charge is 0.337 e. The number of benzene rings is 1. The Kier molecular flexibility index (Phi) is 1.87. The Morgan fingerprint density at radius 3 is 3.19 bits per heavy atom. The van der Waals surface area contributed by atoms with Gasteiger partial charge in [-0.3, -0.25) is 14.8 Å². The molecule has 21 heavy (non-hydrogen) atoms. The first-order valence-electron chi connectivity index (χ1n) is 7.99. The molecule has 6 nitrogen and oxygen atoms in total. The molecular formula is C15H14N6. The van der Waals surface area contributed by atoms with Gasteiger partial charge in [0.25, 0.3) is 0 Å². The molecule has 3 aromatic heterocycles. The van der Waals surface area contributed by atoms with Gasteiger partial charge in [-0.05, 0) is 37.3 Å². The van der Waals surface area contributed by atoms with Gasteiger partial charge in [0.2, 0.25) is 0 Å². The Balaban J connectivity index is 1.77. The summed E-state index contributed by atoms with van der Waals surface area (Å²) in [5.74, 6) is 0.616. The number of hydrogen-bond donors (Lipinski definition) is 2. The number of rotatable bonds is 2. The van der Waals surface area contributed by atoms with E-state index < -0.39 is 6.98 Å². The zero-order chi connectivity index (χ0) is 16.9. The van der Waals surface area contributed by atoms with Crippen molar-refractivity contribution in [3.8, 4) is 0 Å². The lowest BCUT2D eigenvalue weighted by Gasteiger charge is -2.04. The van der Waals surface area contributed by atoms with Crippen molar-refractivity contribution in [2.24, 2.45) is 6.98 Å². The van der Waals surface area contributed by atoms with E-state index >= 15 is 0 Å². The molecule has 1 aromatic carbocycles. The number of pyridine rings is 1. The second-order valence-electron chi connectivity index (χ2n) is 4.83. The fourth-order valence-corrected chi connectivity index (χ4v) is 2.42. The molecule has 0 atom stereocenters. The second kappa shape index (κ2) is 4.31. The van der Waals surface area contributed by atoms with Gasteiger partial charge in [0.1, 0.15) is 5.52 Å². The maximum absolute atomic E-state index is 7.57. The van der Waals surface area contributed by atoms with Crippen LogP contribution in [0, 0.1) is 6.92 Å². The summed E-state index contributed by atoms with van der Waals surface area (Å²) >= 11 is 0. The minimum Gasteiger partial charge on any atom is -0.337 e. The molecule has 0 amide bonds. The zero-order valence-electron chi connectivity index (χ0n) is 14.3. The van der Waals surface area contributed by atoms with Crippen LogP contribution in [-0.2, 0) is 6.98 Å². The summed E-state index contributed by atoms with van der Waals surface area (Å²) in [4.78, 5) is 4.31. The number of fused-ring (bicyclic) bond motifs is 2. The Hall–Kier alpha value is -2.89. The lowest BCUT2D eigenvalue weighted by Crippen LogP contribution is -1.92. The van der Waals surface area contributed by atoms with Crippen LogP contribution in [0.25, 0.3) is 21.9 Å². The van der Waals surface area contributed by atoms with Crippen LogP contribution in [-0.4, -0.2) is 25.0 Å². The Morgan fingerprint density at radius 2 is 2.29 bits per heavy atom. The summed E-state index contributed by atoms with van der Waals surface area (Å²) in [6.07, 6.45) is 1.71. The van der Waals surface area contributed by atoms with Gasteiger partial charge in [-0.25, -0.2) is 0 Å². The fourth-order valence-electron chi connectivity index (χ4n) is 2.42. The van der Waals surface area contributed by atoms with Gasteiger partial charge < -0.3 is 5.32 Å². The van der Waals surface area contributed by atoms with Crippen LogP contribution >= 0.6 is 0 Å². The number of aromatic nitrogens is 5. The van der Waals surface area contributed by atoms with Crippen molar-refractivity contribution in [3.05, 3.63) is 42.2 Å². The normalized spacial score (nSPS) is 14.0. The van der Waals surface area contributed by atoms with E-state index in [1.54, 1.807) is 25.3 Å². The molecule has 0 aliphatic heterocycles. The van der Waals surface area contributed by atoms with Gasteiger partial charge in [-0.2, -0.15) is 10.2 Å². The summed E-state index contributed by atoms with van der Waals surface area (Å²) in [7, 11) is 0. The van der Waals surface area contributed by atoms with Crippen molar-refractivity contribution in [2.45, 2.75) is 6.92 Å². The van der Waals surface area contributed by atoms with E-state index in [0.717, 1.165) is 26.8 Å². The van der Waals surface area contributed by atoms with Gasteiger partial charge in [0, 0.05) is 28.4 Å². The summed E-state index contributed by atoms with van der Waals surface area (Å²) in [6.45, 7) is -0.510. The van der Waals surface area contributed by atoms with Crippen LogP contribution in [0.15, 0.2) is 36.5 Å². The van der Waals surface area contributed by atoms with Crippen molar-refractivity contribution in [1.82, 2.24) is 25.0 Å². The van der Waals surface area contributed by atoms with Gasteiger partial charge in [-0.1, -0.05) is 0 Å². The molecule has 0 fully saturated rings. The number of hydrogen-bond acceptors (Lipinski definition) is 4. The molecule has 4 aromatic rings. The van der Waals surface area contributed by atoms with Crippen molar-refractivity contribution in [1.29, 1.82) is 0 Å². The summed E-state index contributed by atoms with van der Waals surface area (Å²) in [5.41, 5.74) is 3.60. The van der Waals surface area contributed by atoms with Crippen LogP contribution in [0.1, 0.15) is 9.81 Å². The number of H-pyrrole nitrogens is 1. The molecule has 0 aliphatic carbocycles. The molecule has 6 heteroatoms. The average molecular weight is 281 g/mol. The first-order chi connectivity index (χ1) is 11.4. The van der Waals surface area contributed by atoms with E-state index in [2.05, 4.69) is 25.6 Å². The number of aryl methyl sites for hydroxylation is 2. The number of aromatic amines is 1. The van der Waals surface area contributed by atoms with Crippen LogP contribution in [0.4, 0.5) is 11.5 Å². The molecule has 104 valence electrons. The van der Waals surface area contributed by atoms with E-state index in [0.29, 0.717) is 17.0 Å². The van der Waals surface area contributed by atoms with Gasteiger partial charge in [0.15, 0.2) is 5.82 Å². The smallest absolute Gasteiger partial charge is 0.178 e. The second-order valence-corrected chi connectivity index (χ2v) is 4.83. The first kappa shape index (κ1) is 9.12. The summed E-state index contributed by atoms with van der Waals surface area (Å²) in [5, 5.41) is 15.3. The highest BCUT2D eigenvalue weighted by atomic mass is 15.3. The van der Waals surface area contributed by atoms with E-state index in [4.69, 9.17) is 4.11 Å². The molecule has 0 saturated carbocycles. The van der Waals surface area contributed by atoms with Crippen LogP contribution in [0.5, 0.6) is 0 Å². The summed E-state index contributed by atoms with van der Waals surface area (Å²) in [6, 6.07) is 9.14. The maximum Gasteiger partial charge on any atom is 0.178 e. The molecule has 3 heterocycles. The Bertz CT molecular complexity index is 1050. The molecule has 0 aliphatic rings. The van der Waals surface area contributed by atoms with Gasteiger partial charge in [-0.15, -0.1) is 0 Å². The third-order valence-corrected chi connectivity index (χ3v) is 3.45. The van der Waals surface area contributed by atoms with Crippen molar-refractivity contribution < 1.29 is 4.11 Å². The lowest BCUT2D eigenvalue weighted by atomic mass is 10.2. The minimum absolute atomic E-state index is 0.572. The monoisotopic (exact) mass is 281 g/mol. The van der Waals surface area contributed by atoms with Crippen molar-refractivity contribution >= 4 is 33.4 Å². The van der Waals surface area contributed by atoms with Crippen molar-refractivity contribution in [3.63, 3.8) is 0 Å². The van der Waals surface area contributed by atoms with Crippen LogP contribution in [0.3, 0.4) is 0 Å².